The number of benzene rings is 1. The second-order valence-electron chi connectivity index (χ2n) is 6.57. The molecule has 0 N–H and O–H groups in total. The van der Waals surface area contributed by atoms with Crippen LogP contribution in [0.1, 0.15) is 26.3 Å². The molecule has 1 aromatic rings. The molecule has 9 heteroatoms. The van der Waals surface area contributed by atoms with E-state index in [1.807, 2.05) is 0 Å². The van der Waals surface area contributed by atoms with Crippen LogP contribution in [0.2, 0.25) is 0 Å². The highest BCUT2D eigenvalue weighted by molar-refractivity contribution is 6.02. The third-order valence-corrected chi connectivity index (χ3v) is 5.00. The summed E-state index contributed by atoms with van der Waals surface area (Å²) in [5, 5.41) is 0. The fraction of sp³-hybridized carbons (Fsp3) is 0.368. The summed E-state index contributed by atoms with van der Waals surface area (Å²) in [7, 11) is 2.41. The van der Waals surface area contributed by atoms with E-state index < -0.39 is 35.5 Å². The molecule has 3 rings (SSSR count). The van der Waals surface area contributed by atoms with E-state index in [1.165, 1.54) is 33.0 Å². The summed E-state index contributed by atoms with van der Waals surface area (Å²) >= 11 is 0. The molecule has 2 aliphatic rings. The number of para-hydroxylation sites is 1. The SMILES string of the molecule is COC(=O)C1=C(N(C(C)=O)C(C)=O)OC2N(C(=O)OC)c3ccccc3C12C. The van der Waals surface area contributed by atoms with Crippen molar-refractivity contribution in [2.24, 2.45) is 0 Å². The Bertz CT molecular complexity index is 909. The molecule has 0 fully saturated rings. The molecule has 0 aliphatic carbocycles. The monoisotopic (exact) mass is 388 g/mol. The lowest BCUT2D eigenvalue weighted by molar-refractivity contribution is -0.143. The number of methoxy groups -OCH3 is 2. The van der Waals surface area contributed by atoms with E-state index in [1.54, 1.807) is 31.2 Å². The van der Waals surface area contributed by atoms with Gasteiger partial charge in [0.25, 0.3) is 0 Å². The first kappa shape index (κ1) is 19.4. The van der Waals surface area contributed by atoms with Gasteiger partial charge >= 0.3 is 12.1 Å². The van der Waals surface area contributed by atoms with Crippen molar-refractivity contribution >= 4 is 29.6 Å². The molecule has 9 nitrogen and oxygen atoms in total. The molecule has 148 valence electrons. The number of carbonyl (C=O) groups is 4. The van der Waals surface area contributed by atoms with Crippen molar-refractivity contribution in [1.29, 1.82) is 0 Å². The number of anilines is 1. The van der Waals surface area contributed by atoms with Gasteiger partial charge in [-0.05, 0) is 18.6 Å². The molecule has 0 aromatic heterocycles. The molecule has 1 aromatic carbocycles. The summed E-state index contributed by atoms with van der Waals surface area (Å²) in [5.41, 5.74) is -0.104. The van der Waals surface area contributed by atoms with Crippen LogP contribution in [0, 0.1) is 0 Å². The van der Waals surface area contributed by atoms with Gasteiger partial charge in [0.2, 0.25) is 17.7 Å². The molecule has 2 atom stereocenters. The van der Waals surface area contributed by atoms with Crippen LogP contribution in [0.25, 0.3) is 0 Å². The lowest BCUT2D eigenvalue weighted by Crippen LogP contribution is -2.46. The predicted molar refractivity (Wildman–Crippen MR) is 95.8 cm³/mol. The number of amides is 3. The Kier molecular flexibility index (Phi) is 4.62. The van der Waals surface area contributed by atoms with Gasteiger partial charge in [0, 0.05) is 13.8 Å². The second-order valence-corrected chi connectivity index (χ2v) is 6.57. The predicted octanol–water partition coefficient (Wildman–Crippen LogP) is 1.67. The Morgan fingerprint density at radius 1 is 1.07 bits per heavy atom. The van der Waals surface area contributed by atoms with E-state index in [4.69, 9.17) is 14.2 Å². The lowest BCUT2D eigenvalue weighted by Gasteiger charge is -2.28. The van der Waals surface area contributed by atoms with Crippen LogP contribution in [0.4, 0.5) is 10.5 Å². The molecule has 2 heterocycles. The summed E-state index contributed by atoms with van der Waals surface area (Å²) in [4.78, 5) is 51.4. The molecular weight excluding hydrogens is 368 g/mol. The molecule has 2 unspecified atom stereocenters. The normalized spacial score (nSPS) is 22.2. The van der Waals surface area contributed by atoms with E-state index in [2.05, 4.69) is 0 Å². The smallest absolute Gasteiger partial charge is 0.417 e. The molecule has 0 spiro atoms. The number of nitrogens with zero attached hydrogens (tertiary/aromatic N) is 2. The first-order valence-corrected chi connectivity index (χ1v) is 8.47. The van der Waals surface area contributed by atoms with Crippen molar-refractivity contribution in [3.8, 4) is 0 Å². The highest BCUT2D eigenvalue weighted by Crippen LogP contribution is 2.55. The van der Waals surface area contributed by atoms with Crippen molar-refractivity contribution in [2.75, 3.05) is 19.1 Å². The van der Waals surface area contributed by atoms with Crippen LogP contribution in [0.5, 0.6) is 0 Å². The average molecular weight is 388 g/mol. The molecule has 0 saturated carbocycles. The zero-order chi connectivity index (χ0) is 20.8. The third kappa shape index (κ3) is 2.46. The van der Waals surface area contributed by atoms with Gasteiger partial charge in [-0.3, -0.25) is 9.59 Å². The summed E-state index contributed by atoms with van der Waals surface area (Å²) in [6.45, 7) is 4.04. The first-order valence-electron chi connectivity index (χ1n) is 8.47. The largest absolute Gasteiger partial charge is 0.465 e. The summed E-state index contributed by atoms with van der Waals surface area (Å²) in [6.07, 6.45) is -1.74. The minimum atomic E-state index is -1.18. The maximum absolute atomic E-state index is 12.7. The van der Waals surface area contributed by atoms with Crippen LogP contribution in [-0.2, 0) is 34.0 Å². The molecule has 0 radical (unpaired) electrons. The maximum Gasteiger partial charge on any atom is 0.417 e. The molecule has 28 heavy (non-hydrogen) atoms. The molecular formula is C19H20N2O7. The standard InChI is InChI=1S/C19H20N2O7/c1-10(22)20(11(2)23)15-14(16(24)26-4)19(3)12-8-6-7-9-13(12)21(17(19)28-15)18(25)27-5/h6-9,17H,1-5H3. The van der Waals surface area contributed by atoms with Gasteiger partial charge in [0.1, 0.15) is 5.57 Å². The highest BCUT2D eigenvalue weighted by Gasteiger charge is 2.62. The van der Waals surface area contributed by atoms with Gasteiger partial charge < -0.3 is 14.2 Å². The zero-order valence-corrected chi connectivity index (χ0v) is 16.1. The fourth-order valence-corrected chi connectivity index (χ4v) is 3.82. The summed E-state index contributed by atoms with van der Waals surface area (Å²) in [5.74, 6) is -2.28. The average Bonchev–Trinajstić information content (AvgIpc) is 3.07. The molecule has 0 saturated heterocycles. The minimum Gasteiger partial charge on any atom is -0.465 e. The van der Waals surface area contributed by atoms with Crippen molar-refractivity contribution in [2.45, 2.75) is 32.4 Å². The van der Waals surface area contributed by atoms with Crippen molar-refractivity contribution in [3.05, 3.63) is 41.3 Å². The van der Waals surface area contributed by atoms with Crippen LogP contribution < -0.4 is 4.90 Å². The minimum absolute atomic E-state index is 0.0238. The van der Waals surface area contributed by atoms with Crippen LogP contribution >= 0.6 is 0 Å². The topological polar surface area (TPSA) is 102 Å². The Balaban J connectivity index is 2.31. The van der Waals surface area contributed by atoms with Crippen molar-refractivity contribution in [3.63, 3.8) is 0 Å². The summed E-state index contributed by atoms with van der Waals surface area (Å²) in [6, 6.07) is 6.93. The first-order chi connectivity index (χ1) is 13.2. The Morgan fingerprint density at radius 3 is 2.21 bits per heavy atom. The number of rotatable bonds is 2. The van der Waals surface area contributed by atoms with Gasteiger partial charge in [-0.1, -0.05) is 18.2 Å². The number of hydrogen-bond donors (Lipinski definition) is 0. The number of ether oxygens (including phenoxy) is 3. The van der Waals surface area contributed by atoms with Crippen LogP contribution in [-0.4, -0.2) is 49.2 Å². The van der Waals surface area contributed by atoms with Crippen LogP contribution in [0.15, 0.2) is 35.7 Å². The van der Waals surface area contributed by atoms with E-state index in [0.717, 1.165) is 4.90 Å². The molecule has 3 amide bonds. The molecule has 0 bridgehead atoms. The number of carbonyl (C=O) groups excluding carboxylic acids is 4. The lowest BCUT2D eigenvalue weighted by atomic mass is 9.77. The highest BCUT2D eigenvalue weighted by atomic mass is 16.6. The van der Waals surface area contributed by atoms with Crippen molar-refractivity contribution in [1.82, 2.24) is 4.90 Å². The van der Waals surface area contributed by atoms with E-state index in [9.17, 15) is 19.2 Å². The van der Waals surface area contributed by atoms with Gasteiger partial charge in [-0.15, -0.1) is 0 Å². The Labute approximate surface area is 161 Å². The Morgan fingerprint density at radius 2 is 1.68 bits per heavy atom. The second kappa shape index (κ2) is 6.66. The Hall–Kier alpha value is -3.36. The number of fused-ring (bicyclic) bond motifs is 3. The van der Waals surface area contributed by atoms with Gasteiger partial charge in [-0.25, -0.2) is 19.4 Å². The zero-order valence-electron chi connectivity index (χ0n) is 16.1. The maximum atomic E-state index is 12.7. The third-order valence-electron chi connectivity index (χ3n) is 5.00. The summed E-state index contributed by atoms with van der Waals surface area (Å²) < 4.78 is 15.7. The van der Waals surface area contributed by atoms with Crippen LogP contribution in [0.3, 0.4) is 0 Å². The van der Waals surface area contributed by atoms with Gasteiger partial charge in [0.05, 0.1) is 25.3 Å². The van der Waals surface area contributed by atoms with Gasteiger partial charge in [-0.2, -0.15) is 0 Å². The number of imide groups is 1. The van der Waals surface area contributed by atoms with E-state index in [-0.39, 0.29) is 11.5 Å². The number of hydrogen-bond acceptors (Lipinski definition) is 7. The molecule has 2 aliphatic heterocycles. The fourth-order valence-electron chi connectivity index (χ4n) is 3.82. The van der Waals surface area contributed by atoms with E-state index >= 15 is 0 Å². The quantitative estimate of drug-likeness (QED) is 0.710. The van der Waals surface area contributed by atoms with Gasteiger partial charge in [0.15, 0.2) is 6.23 Å². The number of esters is 1. The van der Waals surface area contributed by atoms with E-state index in [0.29, 0.717) is 11.3 Å². The van der Waals surface area contributed by atoms with Crippen molar-refractivity contribution < 1.29 is 33.4 Å².